The van der Waals surface area contributed by atoms with E-state index in [2.05, 4.69) is 15.2 Å². The van der Waals surface area contributed by atoms with Gasteiger partial charge in [-0.3, -0.25) is 4.79 Å². The molecule has 2 heterocycles. The summed E-state index contributed by atoms with van der Waals surface area (Å²) in [5.74, 6) is -1.33. The van der Waals surface area contributed by atoms with Gasteiger partial charge in [0.05, 0.1) is 11.3 Å². The second-order valence-corrected chi connectivity index (χ2v) is 5.85. The number of pyridine rings is 1. The molecule has 0 saturated carbocycles. The van der Waals surface area contributed by atoms with Crippen LogP contribution < -0.4 is 10.2 Å². The third-order valence-electron chi connectivity index (χ3n) is 4.12. The maximum atomic E-state index is 13.8. The van der Waals surface area contributed by atoms with Gasteiger partial charge in [-0.05, 0) is 37.1 Å². The molecule has 1 aromatic carbocycles. The minimum absolute atomic E-state index is 0.0490. The van der Waals surface area contributed by atoms with Crippen molar-refractivity contribution in [2.75, 3.05) is 23.3 Å². The quantitative estimate of drug-likeness (QED) is 0.925. The summed E-state index contributed by atoms with van der Waals surface area (Å²) in [6.45, 7) is 1.70. The molecular formula is C18H19F2N3O. The minimum Gasteiger partial charge on any atom is -0.356 e. The lowest BCUT2D eigenvalue weighted by atomic mass is 10.2. The van der Waals surface area contributed by atoms with Crippen molar-refractivity contribution in [2.24, 2.45) is 0 Å². The highest BCUT2D eigenvalue weighted by Gasteiger charge is 2.19. The van der Waals surface area contributed by atoms with Gasteiger partial charge in [-0.25, -0.2) is 13.8 Å². The molecule has 0 unspecified atom stereocenters. The number of halogens is 2. The van der Waals surface area contributed by atoms with Crippen molar-refractivity contribution >= 4 is 17.4 Å². The molecule has 0 radical (unpaired) electrons. The number of anilines is 2. The minimum atomic E-state index is -0.802. The first-order valence-electron chi connectivity index (χ1n) is 8.11. The molecule has 2 aromatic rings. The van der Waals surface area contributed by atoms with E-state index in [0.29, 0.717) is 11.4 Å². The highest BCUT2D eigenvalue weighted by atomic mass is 19.1. The molecule has 4 nitrogen and oxygen atoms in total. The summed E-state index contributed by atoms with van der Waals surface area (Å²) in [5.41, 5.74) is 0.343. The first-order valence-corrected chi connectivity index (χ1v) is 8.11. The number of carbonyl (C=O) groups is 1. The van der Waals surface area contributed by atoms with Crippen LogP contribution in [0.3, 0.4) is 0 Å². The average molecular weight is 331 g/mol. The van der Waals surface area contributed by atoms with E-state index in [9.17, 15) is 13.6 Å². The molecular weight excluding hydrogens is 312 g/mol. The van der Waals surface area contributed by atoms with Crippen LogP contribution in [0.15, 0.2) is 36.5 Å². The van der Waals surface area contributed by atoms with Gasteiger partial charge >= 0.3 is 0 Å². The Morgan fingerprint density at radius 3 is 2.54 bits per heavy atom. The lowest BCUT2D eigenvalue weighted by Gasteiger charge is -2.23. The Morgan fingerprint density at radius 2 is 1.83 bits per heavy atom. The number of hydrogen-bond acceptors (Lipinski definition) is 3. The summed E-state index contributed by atoms with van der Waals surface area (Å²) in [5, 5.41) is 2.50. The van der Waals surface area contributed by atoms with Crippen LogP contribution in [0.2, 0.25) is 0 Å². The van der Waals surface area contributed by atoms with Crippen LogP contribution in [0.5, 0.6) is 0 Å². The van der Waals surface area contributed by atoms with Gasteiger partial charge in [-0.1, -0.05) is 12.8 Å². The molecule has 3 rings (SSSR count). The fourth-order valence-corrected chi connectivity index (χ4v) is 2.89. The molecule has 0 spiro atoms. The van der Waals surface area contributed by atoms with Gasteiger partial charge in [0.15, 0.2) is 0 Å². The van der Waals surface area contributed by atoms with E-state index in [1.54, 1.807) is 18.3 Å². The number of rotatable bonds is 3. The van der Waals surface area contributed by atoms with E-state index >= 15 is 0 Å². The van der Waals surface area contributed by atoms with Crippen molar-refractivity contribution in [3.8, 4) is 0 Å². The van der Waals surface area contributed by atoms with Crippen LogP contribution in [-0.4, -0.2) is 24.0 Å². The Balaban J connectivity index is 1.84. The second kappa shape index (κ2) is 7.38. The standard InChI is InChI=1S/C18H19F2N3O/c19-13-7-8-16(15(20)12-13)22-18(24)14-6-5-9-21-17(14)23-10-3-1-2-4-11-23/h5-9,12H,1-4,10-11H2,(H,22,24). The Bertz CT molecular complexity index is 728. The average Bonchev–Trinajstić information content (AvgIpc) is 2.86. The molecule has 126 valence electrons. The SMILES string of the molecule is O=C(Nc1ccc(F)cc1F)c1cccnc1N1CCCCCC1. The van der Waals surface area contributed by atoms with E-state index in [0.717, 1.165) is 38.1 Å². The van der Waals surface area contributed by atoms with Crippen molar-refractivity contribution in [3.63, 3.8) is 0 Å². The Morgan fingerprint density at radius 1 is 1.08 bits per heavy atom. The number of nitrogens with one attached hydrogen (secondary N) is 1. The van der Waals surface area contributed by atoms with Crippen molar-refractivity contribution in [1.82, 2.24) is 4.98 Å². The number of hydrogen-bond donors (Lipinski definition) is 1. The summed E-state index contributed by atoms with van der Waals surface area (Å²) in [7, 11) is 0. The van der Waals surface area contributed by atoms with Crippen LogP contribution in [0.1, 0.15) is 36.0 Å². The van der Waals surface area contributed by atoms with Gasteiger partial charge in [0.1, 0.15) is 17.5 Å². The third-order valence-corrected chi connectivity index (χ3v) is 4.12. The number of aromatic nitrogens is 1. The highest BCUT2D eigenvalue weighted by molar-refractivity contribution is 6.07. The zero-order chi connectivity index (χ0) is 16.9. The van der Waals surface area contributed by atoms with Crippen molar-refractivity contribution in [3.05, 3.63) is 53.7 Å². The Kier molecular flexibility index (Phi) is 5.03. The van der Waals surface area contributed by atoms with Crippen LogP contribution in [0.4, 0.5) is 20.3 Å². The van der Waals surface area contributed by atoms with Gasteiger partial charge in [0, 0.05) is 25.4 Å². The maximum absolute atomic E-state index is 13.8. The molecule has 0 bridgehead atoms. The number of amides is 1. The lowest BCUT2D eigenvalue weighted by molar-refractivity contribution is 0.102. The second-order valence-electron chi connectivity index (χ2n) is 5.85. The third kappa shape index (κ3) is 3.69. The summed E-state index contributed by atoms with van der Waals surface area (Å²) < 4.78 is 26.7. The summed E-state index contributed by atoms with van der Waals surface area (Å²) in [6, 6.07) is 6.41. The van der Waals surface area contributed by atoms with Crippen LogP contribution in [0.25, 0.3) is 0 Å². The Labute approximate surface area is 139 Å². The number of carbonyl (C=O) groups excluding carboxylic acids is 1. The highest BCUT2D eigenvalue weighted by Crippen LogP contribution is 2.23. The smallest absolute Gasteiger partial charge is 0.259 e. The van der Waals surface area contributed by atoms with Gasteiger partial charge in [-0.2, -0.15) is 0 Å². The normalized spacial score (nSPS) is 15.0. The summed E-state index contributed by atoms with van der Waals surface area (Å²) in [6.07, 6.45) is 6.11. The first-order chi connectivity index (χ1) is 11.6. The maximum Gasteiger partial charge on any atom is 0.259 e. The fraction of sp³-hybridized carbons (Fsp3) is 0.333. The zero-order valence-corrected chi connectivity index (χ0v) is 13.3. The molecule has 1 aliphatic heterocycles. The van der Waals surface area contributed by atoms with E-state index in [4.69, 9.17) is 0 Å². The van der Waals surface area contributed by atoms with E-state index in [1.807, 2.05) is 0 Å². The van der Waals surface area contributed by atoms with E-state index in [1.165, 1.54) is 18.9 Å². The fourth-order valence-electron chi connectivity index (χ4n) is 2.89. The topological polar surface area (TPSA) is 45.2 Å². The zero-order valence-electron chi connectivity index (χ0n) is 13.3. The van der Waals surface area contributed by atoms with Crippen molar-refractivity contribution in [1.29, 1.82) is 0 Å². The van der Waals surface area contributed by atoms with E-state index < -0.39 is 17.5 Å². The molecule has 24 heavy (non-hydrogen) atoms. The van der Waals surface area contributed by atoms with Gasteiger partial charge in [-0.15, -0.1) is 0 Å². The van der Waals surface area contributed by atoms with E-state index in [-0.39, 0.29) is 5.69 Å². The van der Waals surface area contributed by atoms with Crippen LogP contribution in [-0.2, 0) is 0 Å². The number of nitrogens with zero attached hydrogens (tertiary/aromatic N) is 2. The van der Waals surface area contributed by atoms with Crippen LogP contribution in [0, 0.1) is 11.6 Å². The summed E-state index contributed by atoms with van der Waals surface area (Å²) in [4.78, 5) is 19.0. The molecule has 1 saturated heterocycles. The van der Waals surface area contributed by atoms with Gasteiger partial charge in [0.2, 0.25) is 0 Å². The molecule has 6 heteroatoms. The predicted octanol–water partition coefficient (Wildman–Crippen LogP) is 3.99. The molecule has 1 fully saturated rings. The molecule has 1 N–H and O–H groups in total. The Hall–Kier alpha value is -2.50. The monoisotopic (exact) mass is 331 g/mol. The lowest BCUT2D eigenvalue weighted by Crippen LogP contribution is -2.28. The van der Waals surface area contributed by atoms with Gasteiger partial charge < -0.3 is 10.2 Å². The molecule has 1 aliphatic rings. The largest absolute Gasteiger partial charge is 0.356 e. The molecule has 1 aromatic heterocycles. The van der Waals surface area contributed by atoms with Crippen molar-refractivity contribution in [2.45, 2.75) is 25.7 Å². The van der Waals surface area contributed by atoms with Crippen LogP contribution >= 0.6 is 0 Å². The predicted molar refractivity (Wildman–Crippen MR) is 89.2 cm³/mol. The van der Waals surface area contributed by atoms with Gasteiger partial charge in [0.25, 0.3) is 5.91 Å². The molecule has 1 amide bonds. The molecule has 0 atom stereocenters. The molecule has 0 aliphatic carbocycles. The van der Waals surface area contributed by atoms with Crippen molar-refractivity contribution < 1.29 is 13.6 Å². The first kappa shape index (κ1) is 16.4. The summed E-state index contributed by atoms with van der Waals surface area (Å²) >= 11 is 0. The number of benzene rings is 1.